The first-order valence-corrected chi connectivity index (χ1v) is 26.0. The molecule has 2 aromatic heterocycles. The number of hydrogen-bond acceptors (Lipinski definition) is 16. The summed E-state index contributed by atoms with van der Waals surface area (Å²) in [5.41, 5.74) is 2.05. The third-order valence-electron chi connectivity index (χ3n) is 6.68. The summed E-state index contributed by atoms with van der Waals surface area (Å²) in [5, 5.41) is 29.2. The minimum absolute atomic E-state index is 0. The highest BCUT2D eigenvalue weighted by Crippen LogP contribution is 2.42. The Morgan fingerprint density at radius 2 is 0.806 bits per heavy atom. The highest BCUT2D eigenvalue weighted by atomic mass is 33.1. The Morgan fingerprint density at radius 3 is 1.06 bits per heavy atom. The van der Waals surface area contributed by atoms with Crippen molar-refractivity contribution in [3.05, 3.63) is 117 Å². The minimum atomic E-state index is -0.433. The van der Waals surface area contributed by atoms with E-state index in [-0.39, 0.29) is 54.0 Å². The molecule has 376 valence electrons. The van der Waals surface area contributed by atoms with Crippen LogP contribution >= 0.6 is 43.2 Å². The zero-order valence-corrected chi connectivity index (χ0v) is 45.0. The Balaban J connectivity index is -0.000000279. The van der Waals surface area contributed by atoms with Crippen molar-refractivity contribution in [1.29, 1.82) is 0 Å². The third kappa shape index (κ3) is 38.2. The van der Waals surface area contributed by atoms with Gasteiger partial charge in [0.15, 0.2) is 10.1 Å². The van der Waals surface area contributed by atoms with Crippen LogP contribution in [0.1, 0.15) is 142 Å². The lowest BCUT2D eigenvalue weighted by molar-refractivity contribution is -0.388. The smallest absolute Gasteiger partial charge is 0.302 e. The third-order valence-corrected chi connectivity index (χ3v) is 11.5. The van der Waals surface area contributed by atoms with Crippen molar-refractivity contribution in [2.75, 3.05) is 0 Å². The summed E-state index contributed by atoms with van der Waals surface area (Å²) in [6.07, 6.45) is 5.58. The van der Waals surface area contributed by atoms with Gasteiger partial charge < -0.3 is 20.2 Å². The fourth-order valence-electron chi connectivity index (χ4n) is 3.62. The van der Waals surface area contributed by atoms with Crippen LogP contribution in [0.25, 0.3) is 0 Å². The van der Waals surface area contributed by atoms with Crippen molar-refractivity contribution in [1.82, 2.24) is 20.6 Å². The van der Waals surface area contributed by atoms with Crippen LogP contribution in [0, 0.1) is 20.2 Å². The lowest BCUT2D eigenvalue weighted by Gasteiger charge is -2.13. The summed E-state index contributed by atoms with van der Waals surface area (Å²) in [5.74, 6) is 0.497. The van der Waals surface area contributed by atoms with Gasteiger partial charge >= 0.3 is 11.4 Å². The van der Waals surface area contributed by atoms with Gasteiger partial charge in [-0.1, -0.05) is 134 Å². The molecule has 0 bridgehead atoms. The molecule has 67 heavy (non-hydrogen) atoms. The summed E-state index contributed by atoms with van der Waals surface area (Å²) < 4.78 is 0. The van der Waals surface area contributed by atoms with E-state index >= 15 is 0 Å². The molecule has 0 aliphatic carbocycles. The predicted octanol–water partition coefficient (Wildman–Crippen LogP) is 14.4. The van der Waals surface area contributed by atoms with Crippen LogP contribution in [0.3, 0.4) is 0 Å². The van der Waals surface area contributed by atoms with E-state index in [2.05, 4.69) is 48.3 Å². The van der Waals surface area contributed by atoms with Gasteiger partial charge in [0, 0.05) is 47.4 Å². The first kappa shape index (κ1) is 71.5. The number of carbonyl (C=O) groups excluding carboxylic acids is 4. The van der Waals surface area contributed by atoms with Crippen LogP contribution in [0.2, 0.25) is 0 Å². The van der Waals surface area contributed by atoms with Crippen molar-refractivity contribution in [3.63, 3.8) is 0 Å². The van der Waals surface area contributed by atoms with Crippen LogP contribution in [-0.2, 0) is 32.3 Å². The van der Waals surface area contributed by atoms with Gasteiger partial charge in [-0.2, -0.15) is 0 Å². The predicted molar refractivity (Wildman–Crippen MR) is 286 cm³/mol. The maximum absolute atomic E-state index is 11.3. The Bertz CT molecular complexity index is 1830. The number of aromatic nitrogens is 2. The molecule has 2 N–H and O–H groups in total. The molecule has 14 nitrogen and oxygen atoms in total. The molecule has 18 heteroatoms. The summed E-state index contributed by atoms with van der Waals surface area (Å²) in [4.78, 5) is 72.9. The number of nitro groups is 2. The van der Waals surface area contributed by atoms with Crippen molar-refractivity contribution in [2.45, 2.75) is 176 Å². The summed E-state index contributed by atoms with van der Waals surface area (Å²) in [6.45, 7) is 30.5. The van der Waals surface area contributed by atoms with E-state index in [1.54, 1.807) is 26.0 Å². The van der Waals surface area contributed by atoms with Crippen LogP contribution < -0.4 is 10.6 Å². The molecule has 2 heterocycles. The Kier molecular flexibility index (Phi) is 49.8. The van der Waals surface area contributed by atoms with Crippen molar-refractivity contribution < 1.29 is 29.0 Å². The summed E-state index contributed by atoms with van der Waals surface area (Å²) in [6, 6.07) is 21.1. The van der Waals surface area contributed by atoms with E-state index in [0.29, 0.717) is 23.1 Å². The van der Waals surface area contributed by atoms with Crippen molar-refractivity contribution >= 4 is 77.7 Å². The second kappa shape index (κ2) is 46.6. The second-order valence-corrected chi connectivity index (χ2v) is 17.7. The fourth-order valence-corrected chi connectivity index (χ4v) is 8.14. The Morgan fingerprint density at radius 1 is 0.537 bits per heavy atom. The van der Waals surface area contributed by atoms with Gasteiger partial charge in [-0.3, -0.25) is 29.8 Å². The average molecular weight is 1010 g/mol. The normalized spacial score (nSPS) is 10.0. The van der Waals surface area contributed by atoms with E-state index in [0.717, 1.165) is 20.9 Å². The van der Waals surface area contributed by atoms with Crippen LogP contribution in [-0.4, -0.2) is 55.0 Å². The number of benzene rings is 2. The quantitative estimate of drug-likeness (QED) is 0.0608. The molecule has 0 saturated heterocycles. The maximum atomic E-state index is 11.3. The molecule has 2 unspecified atom stereocenters. The molecule has 2 atom stereocenters. The first-order chi connectivity index (χ1) is 31.3. The summed E-state index contributed by atoms with van der Waals surface area (Å²) in [7, 11) is 5.34. The van der Waals surface area contributed by atoms with E-state index in [9.17, 15) is 39.4 Å². The molecule has 4 aromatic rings. The highest BCUT2D eigenvalue weighted by molar-refractivity contribution is 8.77. The van der Waals surface area contributed by atoms with E-state index in [4.69, 9.17) is 0 Å². The molecular formula is C49H78N6O8S4. The number of ketones is 4. The van der Waals surface area contributed by atoms with Gasteiger partial charge in [0.05, 0.1) is 21.9 Å². The molecule has 0 amide bonds. The molecule has 0 aliphatic rings. The topological polar surface area (TPSA) is 204 Å². The molecule has 2 aromatic carbocycles. The summed E-state index contributed by atoms with van der Waals surface area (Å²) >= 11 is 0. The molecule has 0 aliphatic heterocycles. The lowest BCUT2D eigenvalue weighted by atomic mass is 10.2. The monoisotopic (exact) mass is 1010 g/mol. The van der Waals surface area contributed by atoms with Gasteiger partial charge in [0.2, 0.25) is 0 Å². The first-order valence-electron chi connectivity index (χ1n) is 21.7. The van der Waals surface area contributed by atoms with Crippen molar-refractivity contribution in [2.24, 2.45) is 0 Å². The number of nitrogens with zero attached hydrogens (tertiary/aromatic N) is 4. The lowest BCUT2D eigenvalue weighted by Crippen LogP contribution is -2.31. The van der Waals surface area contributed by atoms with E-state index in [1.165, 1.54) is 108 Å². The Hall–Kier alpha value is -4.46. The van der Waals surface area contributed by atoms with Gasteiger partial charge in [-0.25, -0.2) is 9.97 Å². The van der Waals surface area contributed by atoms with Gasteiger partial charge in [0.25, 0.3) is 0 Å². The molecule has 0 fully saturated rings. The molecular weight excluding hydrogens is 929 g/mol. The maximum Gasteiger partial charge on any atom is 0.302 e. The Labute approximate surface area is 417 Å². The molecule has 0 saturated carbocycles. The number of nitrogens with one attached hydrogen (secondary N) is 2. The van der Waals surface area contributed by atoms with Crippen molar-refractivity contribution in [3.8, 4) is 0 Å². The van der Waals surface area contributed by atoms with E-state index < -0.39 is 9.85 Å². The molecule has 0 spiro atoms. The minimum Gasteiger partial charge on any atom is -0.304 e. The number of rotatable bonds is 16. The number of pyridine rings is 2. The second-order valence-electron chi connectivity index (χ2n) is 13.4. The molecule has 0 radical (unpaired) electrons. The van der Waals surface area contributed by atoms with Gasteiger partial charge in [0.1, 0.15) is 23.1 Å². The van der Waals surface area contributed by atoms with Crippen LogP contribution in [0.15, 0.2) is 105 Å². The van der Waals surface area contributed by atoms with Crippen LogP contribution in [0.5, 0.6) is 0 Å². The van der Waals surface area contributed by atoms with E-state index in [1.807, 2.05) is 90.1 Å². The highest BCUT2D eigenvalue weighted by Gasteiger charge is 2.18. The SMILES string of the molecule is C.CC.CC.CC(=O)C(C)NCc1ccccc1SSc1ncccc1[N+](=O)[O-].CC(=O)C(C)NCc1ccccc1SSc1ncccc1[N+](=O)[O-].CC(C)=O.CC(C)=O.CCC.CCC. The number of hydrogen-bond donors (Lipinski definition) is 2. The zero-order chi connectivity index (χ0) is 51.6. The zero-order valence-electron chi connectivity index (χ0n) is 41.8. The molecule has 4 rings (SSSR count). The van der Waals surface area contributed by atoms with Gasteiger partial charge in [-0.05, 0) is 112 Å². The van der Waals surface area contributed by atoms with Gasteiger partial charge in [-0.15, -0.1) is 0 Å². The standard InChI is InChI=1S/2C16H17N3O3S2.2C3H6O.2C3H8.2C2H6.CH4/c2*1-11(12(2)20)18-10-13-6-3-4-8-15(13)23-24-16-14(19(21)22)7-5-9-17-16;2*1-3(2)4;2*1-3-2;2*1-2;/h2*3-9,11,18H,10H2,1-2H3;2*1-2H3;2*3H2,1-2H3;2*1-2H3;1H4. The number of Topliss-reactive ketones (excluding diaryl/α,β-unsaturated/α-hetero) is 4. The largest absolute Gasteiger partial charge is 0.304 e. The average Bonchev–Trinajstić information content (AvgIpc) is 3.28. The van der Waals surface area contributed by atoms with Crippen LogP contribution in [0.4, 0.5) is 11.4 Å². The number of carbonyl (C=O) groups is 4. The fraction of sp³-hybridized carbons (Fsp3) is 0.469.